The van der Waals surface area contributed by atoms with E-state index in [0.29, 0.717) is 19.4 Å². The van der Waals surface area contributed by atoms with E-state index < -0.39 is 0 Å². The molecule has 1 saturated heterocycles. The molecule has 24 heavy (non-hydrogen) atoms. The van der Waals surface area contributed by atoms with E-state index in [1.165, 1.54) is 32.1 Å². The summed E-state index contributed by atoms with van der Waals surface area (Å²) >= 11 is 0. The highest BCUT2D eigenvalue weighted by Crippen LogP contribution is 2.27. The molecule has 2 fully saturated rings. The highest BCUT2D eigenvalue weighted by Gasteiger charge is 2.21. The standard InChI is InChI=1S/C20H28N2O2/c23-19(12-11-16-6-2-1-3-7-16)21-15-17-8-4-9-18(14-17)22-13-5-10-20(22)24/h4,8-9,14,16H,1-3,5-7,10-13,15H2,(H,21,23). The Hall–Kier alpha value is -1.84. The fourth-order valence-corrected chi connectivity index (χ4v) is 3.86. The van der Waals surface area contributed by atoms with Crippen molar-refractivity contribution in [2.75, 3.05) is 11.4 Å². The largest absolute Gasteiger partial charge is 0.352 e. The fraction of sp³-hybridized carbons (Fsp3) is 0.600. The van der Waals surface area contributed by atoms with Crippen LogP contribution in [0.1, 0.15) is 63.4 Å². The van der Waals surface area contributed by atoms with Crippen molar-refractivity contribution in [2.45, 2.75) is 64.3 Å². The number of hydrogen-bond acceptors (Lipinski definition) is 2. The van der Waals surface area contributed by atoms with Crippen molar-refractivity contribution < 1.29 is 9.59 Å². The van der Waals surface area contributed by atoms with Gasteiger partial charge in [0.05, 0.1) is 0 Å². The van der Waals surface area contributed by atoms with Crippen LogP contribution in [0.3, 0.4) is 0 Å². The number of benzene rings is 1. The zero-order chi connectivity index (χ0) is 16.8. The van der Waals surface area contributed by atoms with Gasteiger partial charge in [0.25, 0.3) is 0 Å². The number of hydrogen-bond donors (Lipinski definition) is 1. The molecule has 0 spiro atoms. The molecule has 1 saturated carbocycles. The van der Waals surface area contributed by atoms with Crippen LogP contribution >= 0.6 is 0 Å². The fourth-order valence-electron chi connectivity index (χ4n) is 3.86. The Morgan fingerprint density at radius 1 is 1.17 bits per heavy atom. The maximum atomic E-state index is 12.1. The summed E-state index contributed by atoms with van der Waals surface area (Å²) in [5.41, 5.74) is 2.00. The Labute approximate surface area is 144 Å². The molecule has 0 aromatic heterocycles. The number of nitrogens with zero attached hydrogens (tertiary/aromatic N) is 1. The van der Waals surface area contributed by atoms with E-state index in [4.69, 9.17) is 0 Å². The Bertz CT molecular complexity index is 579. The molecule has 4 nitrogen and oxygen atoms in total. The third-order valence-electron chi connectivity index (χ3n) is 5.29. The first-order valence-electron chi connectivity index (χ1n) is 9.38. The van der Waals surface area contributed by atoms with Crippen molar-refractivity contribution in [1.82, 2.24) is 5.32 Å². The van der Waals surface area contributed by atoms with Gasteiger partial charge in [0.15, 0.2) is 0 Å². The van der Waals surface area contributed by atoms with Gasteiger partial charge in [-0.25, -0.2) is 0 Å². The summed E-state index contributed by atoms with van der Waals surface area (Å²) in [6.07, 6.45) is 9.83. The van der Waals surface area contributed by atoms with Crippen molar-refractivity contribution in [3.8, 4) is 0 Å². The Morgan fingerprint density at radius 2 is 2.00 bits per heavy atom. The van der Waals surface area contributed by atoms with Crippen LogP contribution in [0.4, 0.5) is 5.69 Å². The molecular weight excluding hydrogens is 300 g/mol. The van der Waals surface area contributed by atoms with E-state index in [-0.39, 0.29) is 11.8 Å². The Morgan fingerprint density at radius 3 is 2.75 bits per heavy atom. The monoisotopic (exact) mass is 328 g/mol. The summed E-state index contributed by atoms with van der Waals surface area (Å²) in [6.45, 7) is 1.34. The molecule has 1 heterocycles. The third-order valence-corrected chi connectivity index (χ3v) is 5.29. The van der Waals surface area contributed by atoms with Crippen LogP contribution in [0, 0.1) is 5.92 Å². The molecule has 2 amide bonds. The van der Waals surface area contributed by atoms with E-state index in [9.17, 15) is 9.59 Å². The number of carbonyl (C=O) groups is 2. The van der Waals surface area contributed by atoms with Crippen LogP contribution in [-0.2, 0) is 16.1 Å². The van der Waals surface area contributed by atoms with Gasteiger partial charge in [-0.05, 0) is 36.5 Å². The van der Waals surface area contributed by atoms with E-state index in [1.807, 2.05) is 29.2 Å². The van der Waals surface area contributed by atoms with Gasteiger partial charge in [0.1, 0.15) is 0 Å². The van der Waals surface area contributed by atoms with Crippen LogP contribution in [0.5, 0.6) is 0 Å². The second kappa shape index (κ2) is 8.32. The molecule has 130 valence electrons. The molecule has 1 aliphatic heterocycles. The first-order chi connectivity index (χ1) is 11.7. The summed E-state index contributed by atoms with van der Waals surface area (Å²) < 4.78 is 0. The molecule has 0 radical (unpaired) electrons. The second-order valence-electron chi connectivity index (χ2n) is 7.14. The number of rotatable bonds is 6. The molecule has 0 unspecified atom stereocenters. The number of carbonyl (C=O) groups excluding carboxylic acids is 2. The van der Waals surface area contributed by atoms with Gasteiger partial charge >= 0.3 is 0 Å². The van der Waals surface area contributed by atoms with Gasteiger partial charge in [-0.15, -0.1) is 0 Å². The normalized spacial score (nSPS) is 18.8. The molecular formula is C20H28N2O2. The molecule has 0 bridgehead atoms. The number of anilines is 1. The SMILES string of the molecule is O=C(CCC1CCCCC1)NCc1cccc(N2CCCC2=O)c1. The van der Waals surface area contributed by atoms with Crippen molar-refractivity contribution in [3.05, 3.63) is 29.8 Å². The molecule has 4 heteroatoms. The van der Waals surface area contributed by atoms with Gasteiger partial charge in [-0.3, -0.25) is 9.59 Å². The van der Waals surface area contributed by atoms with Crippen molar-refractivity contribution in [2.24, 2.45) is 5.92 Å². The zero-order valence-electron chi connectivity index (χ0n) is 14.4. The third kappa shape index (κ3) is 4.59. The van der Waals surface area contributed by atoms with Crippen LogP contribution in [0.2, 0.25) is 0 Å². The zero-order valence-corrected chi connectivity index (χ0v) is 14.4. The van der Waals surface area contributed by atoms with Crippen molar-refractivity contribution in [3.63, 3.8) is 0 Å². The highest BCUT2D eigenvalue weighted by molar-refractivity contribution is 5.95. The first kappa shape index (κ1) is 17.0. The molecule has 3 rings (SSSR count). The summed E-state index contributed by atoms with van der Waals surface area (Å²) in [5, 5.41) is 3.03. The lowest BCUT2D eigenvalue weighted by Gasteiger charge is -2.21. The Balaban J connectivity index is 1.45. The summed E-state index contributed by atoms with van der Waals surface area (Å²) in [5.74, 6) is 1.08. The summed E-state index contributed by atoms with van der Waals surface area (Å²) in [6, 6.07) is 7.96. The minimum atomic E-state index is 0.142. The second-order valence-corrected chi connectivity index (χ2v) is 7.14. The summed E-state index contributed by atoms with van der Waals surface area (Å²) in [7, 11) is 0. The van der Waals surface area contributed by atoms with Crippen LogP contribution in [0.25, 0.3) is 0 Å². The lowest BCUT2D eigenvalue weighted by atomic mass is 9.86. The lowest BCUT2D eigenvalue weighted by Crippen LogP contribution is -2.25. The molecule has 1 N–H and O–H groups in total. The van der Waals surface area contributed by atoms with Gasteiger partial charge in [0, 0.05) is 31.6 Å². The quantitative estimate of drug-likeness (QED) is 0.864. The van der Waals surface area contributed by atoms with E-state index in [1.54, 1.807) is 0 Å². The lowest BCUT2D eigenvalue weighted by molar-refractivity contribution is -0.121. The smallest absolute Gasteiger partial charge is 0.227 e. The van der Waals surface area contributed by atoms with Crippen molar-refractivity contribution in [1.29, 1.82) is 0 Å². The van der Waals surface area contributed by atoms with Crippen LogP contribution in [-0.4, -0.2) is 18.4 Å². The van der Waals surface area contributed by atoms with Crippen molar-refractivity contribution >= 4 is 17.5 Å². The average molecular weight is 328 g/mol. The minimum absolute atomic E-state index is 0.142. The van der Waals surface area contributed by atoms with Crippen LogP contribution < -0.4 is 10.2 Å². The molecule has 0 atom stereocenters. The molecule has 1 aromatic carbocycles. The maximum Gasteiger partial charge on any atom is 0.227 e. The van der Waals surface area contributed by atoms with Crippen LogP contribution in [0.15, 0.2) is 24.3 Å². The van der Waals surface area contributed by atoms with E-state index in [2.05, 4.69) is 5.32 Å². The summed E-state index contributed by atoms with van der Waals surface area (Å²) in [4.78, 5) is 25.8. The predicted molar refractivity (Wildman–Crippen MR) is 95.7 cm³/mol. The number of nitrogens with one attached hydrogen (secondary N) is 1. The van der Waals surface area contributed by atoms with Gasteiger partial charge < -0.3 is 10.2 Å². The first-order valence-corrected chi connectivity index (χ1v) is 9.38. The molecule has 2 aliphatic rings. The highest BCUT2D eigenvalue weighted by atomic mass is 16.2. The average Bonchev–Trinajstić information content (AvgIpc) is 3.05. The van der Waals surface area contributed by atoms with E-state index >= 15 is 0 Å². The van der Waals surface area contributed by atoms with Gasteiger partial charge in [-0.1, -0.05) is 44.2 Å². The molecule has 1 aliphatic carbocycles. The van der Waals surface area contributed by atoms with E-state index in [0.717, 1.165) is 36.6 Å². The number of amides is 2. The topological polar surface area (TPSA) is 49.4 Å². The van der Waals surface area contributed by atoms with Gasteiger partial charge in [0.2, 0.25) is 11.8 Å². The maximum absolute atomic E-state index is 12.1. The predicted octanol–water partition coefficient (Wildman–Crippen LogP) is 3.79. The minimum Gasteiger partial charge on any atom is -0.352 e. The van der Waals surface area contributed by atoms with Gasteiger partial charge in [-0.2, -0.15) is 0 Å². The Kier molecular flexibility index (Phi) is 5.89. The molecule has 1 aromatic rings.